The number of nitrogens with one attached hydrogen (secondary N) is 1. The summed E-state index contributed by atoms with van der Waals surface area (Å²) in [4.78, 5) is 3.26. The molecule has 1 saturated heterocycles. The zero-order valence-corrected chi connectivity index (χ0v) is 8.92. The number of halogens is 3. The average molecular weight is 247 g/mol. The molecule has 3 N–H and O–H groups in total. The van der Waals surface area contributed by atoms with Gasteiger partial charge in [-0.3, -0.25) is 0 Å². The smallest absolute Gasteiger partial charge is 0.396 e. The standard InChI is InChI=1S/C10H12F3N3O/c11-10(12,13)9-3-8(7(14)4-15-9)16-6-1-2-17-5-6/h3-4,6H,1-2,5,14H2,(H,15,16). The van der Waals surface area contributed by atoms with Gasteiger partial charge in [-0.15, -0.1) is 0 Å². The van der Waals surface area contributed by atoms with Crippen molar-refractivity contribution in [3.63, 3.8) is 0 Å². The molecule has 0 aliphatic carbocycles. The molecule has 0 aromatic carbocycles. The van der Waals surface area contributed by atoms with Crippen molar-refractivity contribution in [1.29, 1.82) is 0 Å². The number of hydrogen-bond donors (Lipinski definition) is 2. The number of anilines is 2. The second-order valence-corrected chi connectivity index (χ2v) is 3.86. The van der Waals surface area contributed by atoms with E-state index in [1.165, 1.54) is 0 Å². The van der Waals surface area contributed by atoms with Crippen LogP contribution in [-0.2, 0) is 10.9 Å². The summed E-state index contributed by atoms with van der Waals surface area (Å²) < 4.78 is 42.5. The lowest BCUT2D eigenvalue weighted by atomic mass is 10.2. The van der Waals surface area contributed by atoms with Gasteiger partial charge in [0, 0.05) is 6.61 Å². The Morgan fingerprint density at radius 1 is 1.47 bits per heavy atom. The highest BCUT2D eigenvalue weighted by atomic mass is 19.4. The monoisotopic (exact) mass is 247 g/mol. The van der Waals surface area contributed by atoms with Crippen molar-refractivity contribution in [1.82, 2.24) is 4.98 Å². The molecule has 0 bridgehead atoms. The van der Waals surface area contributed by atoms with Crippen LogP contribution in [0.25, 0.3) is 0 Å². The quantitative estimate of drug-likeness (QED) is 0.837. The van der Waals surface area contributed by atoms with E-state index in [2.05, 4.69) is 10.3 Å². The van der Waals surface area contributed by atoms with Crippen LogP contribution < -0.4 is 11.1 Å². The van der Waals surface area contributed by atoms with Gasteiger partial charge in [-0.2, -0.15) is 13.2 Å². The zero-order chi connectivity index (χ0) is 12.5. The van der Waals surface area contributed by atoms with Crippen molar-refractivity contribution >= 4 is 11.4 Å². The number of alkyl halides is 3. The number of ether oxygens (including phenoxy) is 1. The topological polar surface area (TPSA) is 60.2 Å². The van der Waals surface area contributed by atoms with Gasteiger partial charge in [-0.1, -0.05) is 0 Å². The number of aromatic nitrogens is 1. The minimum atomic E-state index is -4.46. The van der Waals surface area contributed by atoms with Crippen LogP contribution in [0.3, 0.4) is 0 Å². The van der Waals surface area contributed by atoms with E-state index in [0.717, 1.165) is 18.7 Å². The number of nitrogen functional groups attached to an aromatic ring is 1. The third-order valence-electron chi connectivity index (χ3n) is 2.51. The predicted octanol–water partition coefficient (Wildman–Crippen LogP) is 1.88. The normalized spacial score (nSPS) is 20.5. The van der Waals surface area contributed by atoms with Crippen LogP contribution in [0, 0.1) is 0 Å². The molecule has 1 unspecified atom stereocenters. The molecule has 94 valence electrons. The molecule has 4 nitrogen and oxygen atoms in total. The summed E-state index contributed by atoms with van der Waals surface area (Å²) in [6.07, 6.45) is -2.69. The highest BCUT2D eigenvalue weighted by Gasteiger charge is 2.33. The Balaban J connectivity index is 2.20. The Bertz CT molecular complexity index is 402. The van der Waals surface area contributed by atoms with E-state index in [-0.39, 0.29) is 17.4 Å². The lowest BCUT2D eigenvalue weighted by Crippen LogP contribution is -2.20. The second kappa shape index (κ2) is 4.40. The highest BCUT2D eigenvalue weighted by molar-refractivity contribution is 5.65. The van der Waals surface area contributed by atoms with Gasteiger partial charge in [0.25, 0.3) is 0 Å². The number of nitrogens with two attached hydrogens (primary N) is 1. The lowest BCUT2D eigenvalue weighted by molar-refractivity contribution is -0.141. The first kappa shape index (κ1) is 12.0. The van der Waals surface area contributed by atoms with E-state index in [1.807, 2.05) is 0 Å². The molecular formula is C10H12F3N3O. The first-order chi connectivity index (χ1) is 7.97. The fourth-order valence-corrected chi connectivity index (χ4v) is 1.61. The third kappa shape index (κ3) is 2.79. The molecule has 2 heterocycles. The van der Waals surface area contributed by atoms with Gasteiger partial charge in [0.2, 0.25) is 0 Å². The number of hydrogen-bond acceptors (Lipinski definition) is 4. The van der Waals surface area contributed by atoms with Gasteiger partial charge in [0.15, 0.2) is 0 Å². The molecule has 0 amide bonds. The van der Waals surface area contributed by atoms with Crippen molar-refractivity contribution < 1.29 is 17.9 Å². The number of nitrogens with zero attached hydrogens (tertiary/aromatic N) is 1. The molecular weight excluding hydrogens is 235 g/mol. The van der Waals surface area contributed by atoms with Crippen LogP contribution in [0.4, 0.5) is 24.5 Å². The molecule has 1 atom stereocenters. The molecule has 2 rings (SSSR count). The molecule has 1 aromatic heterocycles. The Hall–Kier alpha value is -1.50. The number of rotatable bonds is 2. The van der Waals surface area contributed by atoms with Gasteiger partial charge in [-0.05, 0) is 12.5 Å². The average Bonchev–Trinajstić information content (AvgIpc) is 2.72. The van der Waals surface area contributed by atoms with Gasteiger partial charge in [-0.25, -0.2) is 4.98 Å². The maximum absolute atomic E-state index is 12.5. The Morgan fingerprint density at radius 2 is 2.24 bits per heavy atom. The SMILES string of the molecule is Nc1cnc(C(F)(F)F)cc1NC1CCOC1. The summed E-state index contributed by atoms with van der Waals surface area (Å²) in [6, 6.07) is 0.925. The van der Waals surface area contributed by atoms with Gasteiger partial charge >= 0.3 is 6.18 Å². The van der Waals surface area contributed by atoms with Gasteiger partial charge in [0.1, 0.15) is 5.69 Å². The van der Waals surface area contributed by atoms with Crippen LogP contribution in [0.2, 0.25) is 0 Å². The van der Waals surface area contributed by atoms with Crippen LogP contribution in [0.5, 0.6) is 0 Å². The van der Waals surface area contributed by atoms with E-state index in [0.29, 0.717) is 13.2 Å². The van der Waals surface area contributed by atoms with Gasteiger partial charge < -0.3 is 15.8 Å². The zero-order valence-electron chi connectivity index (χ0n) is 8.92. The third-order valence-corrected chi connectivity index (χ3v) is 2.51. The summed E-state index contributed by atoms with van der Waals surface area (Å²) in [5, 5.41) is 2.93. The van der Waals surface area contributed by atoms with Crippen molar-refractivity contribution in [2.24, 2.45) is 0 Å². The molecule has 0 radical (unpaired) electrons. The first-order valence-corrected chi connectivity index (χ1v) is 5.14. The lowest BCUT2D eigenvalue weighted by Gasteiger charge is -2.15. The summed E-state index contributed by atoms with van der Waals surface area (Å²) in [7, 11) is 0. The van der Waals surface area contributed by atoms with Crippen LogP contribution in [0.15, 0.2) is 12.3 Å². The molecule has 1 fully saturated rings. The summed E-state index contributed by atoms with van der Waals surface area (Å²) >= 11 is 0. The number of pyridine rings is 1. The maximum atomic E-state index is 12.5. The van der Waals surface area contributed by atoms with Crippen molar-refractivity contribution in [3.05, 3.63) is 18.0 Å². The van der Waals surface area contributed by atoms with E-state index in [1.54, 1.807) is 0 Å². The predicted molar refractivity (Wildman–Crippen MR) is 56.5 cm³/mol. The molecule has 1 aromatic rings. The minimum absolute atomic E-state index is 0.000726. The molecule has 17 heavy (non-hydrogen) atoms. The van der Waals surface area contributed by atoms with E-state index >= 15 is 0 Å². The Kier molecular flexibility index (Phi) is 3.10. The van der Waals surface area contributed by atoms with Crippen LogP contribution in [0.1, 0.15) is 12.1 Å². The Labute approximate surface area is 96.0 Å². The van der Waals surface area contributed by atoms with Crippen molar-refractivity contribution in [2.45, 2.75) is 18.6 Å². The van der Waals surface area contributed by atoms with Crippen molar-refractivity contribution in [3.8, 4) is 0 Å². The summed E-state index contributed by atoms with van der Waals surface area (Å²) in [6.45, 7) is 1.08. The molecule has 7 heteroatoms. The fourth-order valence-electron chi connectivity index (χ4n) is 1.61. The van der Waals surface area contributed by atoms with Crippen LogP contribution >= 0.6 is 0 Å². The summed E-state index contributed by atoms with van der Waals surface area (Å²) in [5.41, 5.74) is 5.08. The molecule has 1 aliphatic rings. The maximum Gasteiger partial charge on any atom is 0.433 e. The van der Waals surface area contributed by atoms with E-state index < -0.39 is 11.9 Å². The largest absolute Gasteiger partial charge is 0.433 e. The van der Waals surface area contributed by atoms with E-state index in [4.69, 9.17) is 10.5 Å². The second-order valence-electron chi connectivity index (χ2n) is 3.86. The van der Waals surface area contributed by atoms with Crippen LogP contribution in [-0.4, -0.2) is 24.2 Å². The highest BCUT2D eigenvalue weighted by Crippen LogP contribution is 2.31. The molecule has 0 spiro atoms. The van der Waals surface area contributed by atoms with E-state index in [9.17, 15) is 13.2 Å². The van der Waals surface area contributed by atoms with Crippen molar-refractivity contribution in [2.75, 3.05) is 24.3 Å². The first-order valence-electron chi connectivity index (χ1n) is 5.14. The van der Waals surface area contributed by atoms with Gasteiger partial charge in [0.05, 0.1) is 30.2 Å². The summed E-state index contributed by atoms with van der Waals surface area (Å²) in [5.74, 6) is 0. The fraction of sp³-hybridized carbons (Fsp3) is 0.500. The molecule has 0 saturated carbocycles. The Morgan fingerprint density at radius 3 is 2.82 bits per heavy atom. The molecule has 1 aliphatic heterocycles. The minimum Gasteiger partial charge on any atom is -0.396 e.